The van der Waals surface area contributed by atoms with E-state index in [1.165, 1.54) is 105 Å². The van der Waals surface area contributed by atoms with E-state index >= 15 is 0 Å². The zero-order valence-corrected chi connectivity index (χ0v) is 110. The molecule has 4 N–H and O–H groups in total. The number of ether oxygens (including phenoxy) is 4. The number of carbonyl (C=O) groups excluding carboxylic acids is 4. The topological polar surface area (TPSA) is 238 Å². The number of ketones is 4. The average Bonchev–Trinajstić information content (AvgIpc) is 1.66. The molecule has 13 aromatic rings. The Bertz CT molecular complexity index is 6230. The first-order valence-electron chi connectivity index (χ1n) is 50.2. The van der Waals surface area contributed by atoms with Gasteiger partial charge < -0.3 is 20.4 Å². The van der Waals surface area contributed by atoms with Gasteiger partial charge in [-0.2, -0.15) is 0 Å². The van der Waals surface area contributed by atoms with Gasteiger partial charge in [-0.05, 0) is 51.4 Å². The minimum absolute atomic E-state index is 0. The van der Waals surface area contributed by atoms with E-state index in [4.69, 9.17) is 18.9 Å². The van der Waals surface area contributed by atoms with Crippen LogP contribution in [0.1, 0.15) is 312 Å². The predicted octanol–water partition coefficient (Wildman–Crippen LogP) is 33.4. The van der Waals surface area contributed by atoms with Gasteiger partial charge in [-0.25, -0.2) is 0 Å². The number of aliphatic hydroxyl groups excluding tert-OH is 4. The van der Waals surface area contributed by atoms with E-state index in [1.54, 1.807) is 6.20 Å². The van der Waals surface area contributed by atoms with Gasteiger partial charge in [0.25, 0.3) is 0 Å². The fourth-order valence-corrected chi connectivity index (χ4v) is 21.7. The number of allylic oxidation sites excluding steroid dienone is 8. The number of fused-ring (bicyclic) bond motifs is 4. The van der Waals surface area contributed by atoms with Crippen molar-refractivity contribution in [2.75, 3.05) is 0 Å². The van der Waals surface area contributed by atoms with Crippen LogP contribution in [0.2, 0.25) is 0 Å². The molecule has 4 radical (unpaired) electrons. The summed E-state index contributed by atoms with van der Waals surface area (Å²) in [5.74, 6) is 7.78. The first-order valence-corrected chi connectivity index (χ1v) is 57.3. The van der Waals surface area contributed by atoms with Crippen LogP contribution in [0.15, 0.2) is 203 Å². The SMILES string of the molecule is CCC(C)(C)C(=O)C=C(O)C(C)(C)CC.CCC(C)(C)C(=O)C=C(O)C(C)(C)CC.CCC(C)(C)C(=O)C=C(O)C(C)(C)CC.CCC(C)(C)C(=O)C=C(O)C(C)(C)CC.Cc1[c-]c(Oc2nccc3c(C(C)C)c[se]c23)cc(C)c1.Cc1[c-]c(Oc2nccc3cc(-c4ccccc4)[se]c23)cc(C)c1.Cc1[c-]c(Oc2nccc3cc(C(C)C)[se]c23)cc(C)c1.Cc1[c-]c(Oc2nccc3cc[se]c23)cc(C)c1.[Ir].[Ir].[Ir].[Ir]. The Balaban J connectivity index is 0.000000574. The number of benzene rings is 5. The van der Waals surface area contributed by atoms with Crippen LogP contribution in [-0.4, -0.2) is 122 Å². The Morgan fingerprint density at radius 1 is 0.331 bits per heavy atom. The fraction of sp³-hybridized carbons (Fsp3) is 0.435. The molecule has 8 aromatic heterocycles. The second-order valence-corrected chi connectivity index (χ2v) is 51.1. The number of aromatic nitrogens is 4. The van der Waals surface area contributed by atoms with Crippen LogP contribution in [0.3, 0.4) is 0 Å². The van der Waals surface area contributed by atoms with Crippen LogP contribution in [0.25, 0.3) is 48.6 Å². The maximum Gasteiger partial charge on any atom is 0 e. The molecule has 0 saturated heterocycles. The molecular formula is C124H160Ir4N4O12Se4-4. The molecule has 8 heterocycles. The number of rotatable bonds is 31. The summed E-state index contributed by atoms with van der Waals surface area (Å²) in [4.78, 5) is 69.6. The summed E-state index contributed by atoms with van der Waals surface area (Å²) in [7, 11) is 0. The van der Waals surface area contributed by atoms with Gasteiger partial charge in [0.1, 0.15) is 23.0 Å². The third-order valence-corrected chi connectivity index (χ3v) is 36.3. The number of hydrogen-bond donors (Lipinski definition) is 4. The van der Waals surface area contributed by atoms with Crippen molar-refractivity contribution in [1.82, 2.24) is 19.9 Å². The Hall–Kier alpha value is -7.62. The molecule has 5 aromatic carbocycles. The molecule has 0 fully saturated rings. The van der Waals surface area contributed by atoms with E-state index < -0.39 is 0 Å². The molecule has 0 spiro atoms. The standard InChI is InChI=1S/C21H16NOSe.2C18H18NOSe.C15H12NOSe.4C13H24O2.4Ir/c1-14-10-15(2)12-18(11-14)23-21-20-17(8-9-22-21)13-19(24-20)16-6-4-3-5-7-16;1-11(2)16-10-21-17-15(16)5-6-19-18(17)20-14-8-12(3)7-13(4)9-14;1-11(2)16-10-14-5-6-19-18(17(14)21-16)20-15-8-12(3)7-13(4)9-15;1-10-7-11(2)9-13(8-10)17-15-14-12(3-5-16-15)4-6-18-14;4*1-7-12(3,4)10(14)9-11(15)13(5,6)8-2;;;;/h3-11,13H,1-2H3;2*5-8,10-11H,1-4H3;3-8H,1-2H3;4*9,14H,7-8H2,1-6H3;;;;/q4*-1;;;;;;;;. The van der Waals surface area contributed by atoms with Gasteiger partial charge in [-0.3, -0.25) is 19.2 Å². The van der Waals surface area contributed by atoms with E-state index in [0.717, 1.165) is 114 Å². The van der Waals surface area contributed by atoms with Crippen molar-refractivity contribution < 1.29 is 139 Å². The molecule has 0 unspecified atom stereocenters. The molecule has 148 heavy (non-hydrogen) atoms. The van der Waals surface area contributed by atoms with Gasteiger partial charge in [0, 0.05) is 148 Å². The molecule has 0 bridgehead atoms. The molecule has 0 aliphatic carbocycles. The first-order chi connectivity index (χ1) is 67.2. The van der Waals surface area contributed by atoms with Crippen LogP contribution in [0.4, 0.5) is 0 Å². The summed E-state index contributed by atoms with van der Waals surface area (Å²) in [6, 6.07) is 54.8. The minimum atomic E-state index is -0.377. The van der Waals surface area contributed by atoms with Gasteiger partial charge >= 0.3 is 522 Å². The second kappa shape index (κ2) is 61.5. The summed E-state index contributed by atoms with van der Waals surface area (Å²) in [6.07, 6.45) is 19.2. The molecule has 16 nitrogen and oxygen atoms in total. The van der Waals surface area contributed by atoms with Gasteiger partial charge in [0.05, 0.1) is 0 Å². The van der Waals surface area contributed by atoms with Crippen LogP contribution in [0, 0.1) is 123 Å². The van der Waals surface area contributed by atoms with Crippen LogP contribution in [0.5, 0.6) is 46.5 Å². The van der Waals surface area contributed by atoms with Gasteiger partial charge in [0.2, 0.25) is 0 Å². The molecule has 13 rings (SSSR count). The van der Waals surface area contributed by atoms with Crippen molar-refractivity contribution in [3.05, 3.63) is 282 Å². The van der Waals surface area contributed by atoms with Crippen LogP contribution >= 0.6 is 0 Å². The quantitative estimate of drug-likeness (QED) is 0.0137. The van der Waals surface area contributed by atoms with Crippen molar-refractivity contribution in [3.8, 4) is 56.5 Å². The first kappa shape index (κ1) is 136. The van der Waals surface area contributed by atoms with Crippen molar-refractivity contribution in [2.24, 2.45) is 43.3 Å². The molecular weight excluding hydrogens is 2820 g/mol. The van der Waals surface area contributed by atoms with E-state index in [1.807, 2.05) is 249 Å². The Morgan fingerprint density at radius 2 is 0.615 bits per heavy atom. The van der Waals surface area contributed by atoms with Gasteiger partial charge in [0.15, 0.2) is 23.1 Å². The Morgan fingerprint density at radius 3 is 0.912 bits per heavy atom. The summed E-state index contributed by atoms with van der Waals surface area (Å²) >= 11 is 1.14. The van der Waals surface area contributed by atoms with Crippen molar-refractivity contribution in [3.63, 3.8) is 0 Å². The summed E-state index contributed by atoms with van der Waals surface area (Å²) in [5.41, 5.74) is 9.00. The molecule has 24 heteroatoms. The zero-order chi connectivity index (χ0) is 108. The smallest absolute Gasteiger partial charge is 0 e. The number of hydrogen-bond acceptors (Lipinski definition) is 16. The van der Waals surface area contributed by atoms with Crippen molar-refractivity contribution >= 4 is 120 Å². The number of carbonyl (C=O) groups is 4. The second-order valence-electron chi connectivity index (χ2n) is 42.8. The Labute approximate surface area is 963 Å². The molecule has 812 valence electrons. The summed E-state index contributed by atoms with van der Waals surface area (Å²) in [6.45, 7) is 71.9. The zero-order valence-electron chi connectivity index (χ0n) is 93.9. The summed E-state index contributed by atoms with van der Waals surface area (Å²) < 4.78 is 31.8. The van der Waals surface area contributed by atoms with Crippen molar-refractivity contribution in [1.29, 1.82) is 0 Å². The molecule has 0 aliphatic rings. The largest absolute Gasteiger partial charge is 0 e. The predicted molar refractivity (Wildman–Crippen MR) is 603 cm³/mol. The number of aryl methyl sites for hydroxylation is 8. The van der Waals surface area contributed by atoms with E-state index in [2.05, 4.69) is 194 Å². The van der Waals surface area contributed by atoms with E-state index in [-0.39, 0.29) is 184 Å². The van der Waals surface area contributed by atoms with E-state index in [0.29, 0.717) is 61.2 Å². The fourth-order valence-electron chi connectivity index (χ4n) is 13.0. The summed E-state index contributed by atoms with van der Waals surface area (Å²) in [5, 5.41) is 44.4. The monoisotopic (exact) mass is 2990 g/mol. The van der Waals surface area contributed by atoms with Crippen LogP contribution < -0.4 is 18.9 Å². The molecule has 0 atom stereocenters. The average molecular weight is 2980 g/mol. The van der Waals surface area contributed by atoms with Gasteiger partial charge in [-0.15, -0.1) is 0 Å². The molecule has 0 aliphatic heterocycles. The number of pyridine rings is 4. The maximum atomic E-state index is 11.8. The number of nitrogens with zero attached hydrogens (tertiary/aromatic N) is 4. The molecule has 0 amide bonds. The van der Waals surface area contributed by atoms with Crippen LogP contribution in [-0.2, 0) is 99.6 Å². The van der Waals surface area contributed by atoms with E-state index in [9.17, 15) is 39.6 Å². The van der Waals surface area contributed by atoms with Crippen molar-refractivity contribution in [2.45, 2.75) is 312 Å². The van der Waals surface area contributed by atoms with Gasteiger partial charge in [-0.1, -0.05) is 166 Å². The maximum absolute atomic E-state index is 11.8. The molecule has 0 saturated carbocycles. The Kier molecular flexibility index (Phi) is 56.7. The number of aliphatic hydroxyl groups is 4. The third kappa shape index (κ3) is 41.3. The normalized spacial score (nSPS) is 12.0. The minimum Gasteiger partial charge on any atom is 0 e. The third-order valence-electron chi connectivity index (χ3n) is 26.8.